The molecule has 1 unspecified atom stereocenters. The van der Waals surface area contributed by atoms with Gasteiger partial charge in [-0.15, -0.1) is 0 Å². The predicted molar refractivity (Wildman–Crippen MR) is 114 cm³/mol. The van der Waals surface area contributed by atoms with E-state index >= 15 is 0 Å². The maximum absolute atomic E-state index is 12.8. The maximum Gasteiger partial charge on any atom is 0.259 e. The van der Waals surface area contributed by atoms with Crippen molar-refractivity contribution in [2.45, 2.75) is 33.2 Å². The van der Waals surface area contributed by atoms with Crippen molar-refractivity contribution in [2.75, 3.05) is 19.6 Å². The number of aromatic nitrogens is 3. The molecule has 4 rings (SSSR count). The van der Waals surface area contributed by atoms with Gasteiger partial charge in [0.25, 0.3) is 5.56 Å². The van der Waals surface area contributed by atoms with Crippen molar-refractivity contribution in [1.82, 2.24) is 19.4 Å². The molecular weight excluding hydrogens is 366 g/mol. The minimum Gasteiger partial charge on any atom is -0.369 e. The lowest BCUT2D eigenvalue weighted by atomic mass is 9.97. The lowest BCUT2D eigenvalue weighted by Gasteiger charge is -2.31. The number of H-pyrrole nitrogens is 1. The van der Waals surface area contributed by atoms with Gasteiger partial charge in [-0.1, -0.05) is 11.6 Å². The summed E-state index contributed by atoms with van der Waals surface area (Å²) in [5.41, 5.74) is 9.00. The number of nitrogens with one attached hydrogen (secondary N) is 1. The molecule has 0 spiro atoms. The van der Waals surface area contributed by atoms with Crippen molar-refractivity contribution in [3.8, 4) is 11.4 Å². The lowest BCUT2D eigenvalue weighted by molar-refractivity contribution is -0.123. The largest absolute Gasteiger partial charge is 0.369 e. The summed E-state index contributed by atoms with van der Waals surface area (Å²) in [4.78, 5) is 34.0. The highest BCUT2D eigenvalue weighted by Crippen LogP contribution is 2.22. The Morgan fingerprint density at radius 3 is 2.90 bits per heavy atom. The lowest BCUT2D eigenvalue weighted by Crippen LogP contribution is -2.42. The topological polar surface area (TPSA) is 97.0 Å². The normalized spacial score (nSPS) is 17.7. The van der Waals surface area contributed by atoms with Crippen LogP contribution in [0, 0.1) is 19.8 Å². The Labute approximate surface area is 169 Å². The van der Waals surface area contributed by atoms with Crippen molar-refractivity contribution in [2.24, 2.45) is 11.7 Å². The molecule has 7 heteroatoms. The average molecular weight is 393 g/mol. The third kappa shape index (κ3) is 3.96. The minimum atomic E-state index is -0.216. The molecule has 1 aromatic carbocycles. The van der Waals surface area contributed by atoms with Crippen LogP contribution in [0.5, 0.6) is 0 Å². The summed E-state index contributed by atoms with van der Waals surface area (Å²) in [7, 11) is 0. The highest BCUT2D eigenvalue weighted by atomic mass is 16.1. The number of nitrogens with zero attached hydrogens (tertiary/aromatic N) is 3. The van der Waals surface area contributed by atoms with Gasteiger partial charge in [-0.05, 0) is 56.3 Å². The van der Waals surface area contributed by atoms with E-state index < -0.39 is 0 Å². The summed E-state index contributed by atoms with van der Waals surface area (Å²) in [6.07, 6.45) is 5.47. The number of carbonyl (C=O) groups excluding carboxylic acids is 1. The Hall–Kier alpha value is -2.93. The molecule has 0 bridgehead atoms. The van der Waals surface area contributed by atoms with Gasteiger partial charge in [-0.3, -0.25) is 9.59 Å². The molecule has 7 nitrogen and oxygen atoms in total. The number of carbonyl (C=O) groups is 1. The summed E-state index contributed by atoms with van der Waals surface area (Å²) in [5, 5.41) is 1.01. The Morgan fingerprint density at radius 1 is 1.28 bits per heavy atom. The van der Waals surface area contributed by atoms with Gasteiger partial charge in [0.1, 0.15) is 5.82 Å². The zero-order valence-corrected chi connectivity index (χ0v) is 16.9. The summed E-state index contributed by atoms with van der Waals surface area (Å²) < 4.78 is 2.01. The smallest absolute Gasteiger partial charge is 0.259 e. The van der Waals surface area contributed by atoms with Crippen LogP contribution >= 0.6 is 0 Å². The molecule has 1 aliphatic rings. The number of piperidine rings is 1. The van der Waals surface area contributed by atoms with Crippen LogP contribution < -0.4 is 11.3 Å². The predicted octanol–water partition coefficient (Wildman–Crippen LogP) is 2.21. The number of aryl methyl sites for hydroxylation is 2. The van der Waals surface area contributed by atoms with Gasteiger partial charge >= 0.3 is 0 Å². The fraction of sp³-hybridized carbons (Fsp3) is 0.409. The van der Waals surface area contributed by atoms with Gasteiger partial charge in [0.2, 0.25) is 5.91 Å². The number of imidazole rings is 1. The molecule has 152 valence electrons. The number of nitrogens with two attached hydrogens (primary N) is 1. The van der Waals surface area contributed by atoms with Crippen LogP contribution in [-0.2, 0) is 11.3 Å². The fourth-order valence-corrected chi connectivity index (χ4v) is 4.33. The molecule has 1 fully saturated rings. The van der Waals surface area contributed by atoms with E-state index in [1.807, 2.05) is 23.8 Å². The van der Waals surface area contributed by atoms with Gasteiger partial charge in [-0.25, -0.2) is 4.98 Å². The highest BCUT2D eigenvalue weighted by molar-refractivity contribution is 5.85. The average Bonchev–Trinajstić information content (AvgIpc) is 3.15. The molecule has 2 aromatic heterocycles. The molecule has 1 aliphatic heterocycles. The number of rotatable bonds is 5. The molecule has 1 amide bonds. The number of hydrogen-bond donors (Lipinski definition) is 2. The van der Waals surface area contributed by atoms with Gasteiger partial charge in [0.05, 0.1) is 17.0 Å². The number of fused-ring (bicyclic) bond motifs is 1. The van der Waals surface area contributed by atoms with Gasteiger partial charge in [0, 0.05) is 32.0 Å². The molecular formula is C22H27N5O2. The van der Waals surface area contributed by atoms with Crippen LogP contribution in [0.15, 0.2) is 35.4 Å². The van der Waals surface area contributed by atoms with Crippen LogP contribution in [-0.4, -0.2) is 45.0 Å². The number of benzene rings is 1. The summed E-state index contributed by atoms with van der Waals surface area (Å²) in [5.74, 6) is 0.378. The number of amides is 1. The van der Waals surface area contributed by atoms with Crippen molar-refractivity contribution < 1.29 is 4.79 Å². The Balaban J connectivity index is 1.59. The van der Waals surface area contributed by atoms with Crippen molar-refractivity contribution in [3.05, 3.63) is 52.1 Å². The molecule has 0 aliphatic carbocycles. The molecule has 0 radical (unpaired) electrons. The molecule has 3 heterocycles. The highest BCUT2D eigenvalue weighted by Gasteiger charge is 2.24. The molecule has 1 atom stereocenters. The number of hydrogen-bond acceptors (Lipinski definition) is 4. The third-order valence-electron chi connectivity index (χ3n) is 5.81. The van der Waals surface area contributed by atoms with E-state index in [4.69, 9.17) is 5.73 Å². The van der Waals surface area contributed by atoms with E-state index in [1.54, 1.807) is 6.20 Å². The summed E-state index contributed by atoms with van der Waals surface area (Å²) in [6, 6.07) is 6.07. The maximum atomic E-state index is 12.8. The van der Waals surface area contributed by atoms with Crippen LogP contribution in [0.1, 0.15) is 24.0 Å². The minimum absolute atomic E-state index is 0.0687. The number of pyridine rings is 1. The Bertz CT molecular complexity index is 1110. The van der Waals surface area contributed by atoms with Gasteiger partial charge in [0.15, 0.2) is 0 Å². The zero-order valence-electron chi connectivity index (χ0n) is 16.9. The molecule has 3 N–H and O–H groups in total. The third-order valence-corrected chi connectivity index (χ3v) is 5.81. The molecule has 0 saturated carbocycles. The second-order valence-electron chi connectivity index (χ2n) is 8.04. The van der Waals surface area contributed by atoms with Gasteiger partial charge in [-0.2, -0.15) is 0 Å². The Kier molecular flexibility index (Phi) is 5.24. The van der Waals surface area contributed by atoms with E-state index in [0.717, 1.165) is 48.0 Å². The summed E-state index contributed by atoms with van der Waals surface area (Å²) in [6.45, 7) is 7.21. The molecule has 29 heavy (non-hydrogen) atoms. The van der Waals surface area contributed by atoms with E-state index in [-0.39, 0.29) is 17.4 Å². The first-order chi connectivity index (χ1) is 13.9. The number of aromatic amines is 1. The van der Waals surface area contributed by atoms with Crippen LogP contribution in [0.4, 0.5) is 0 Å². The SMILES string of the molecule is Cc1cc(C)c2[nH]c(=O)c(-c3nccn3CCN3CCCC(C(N)=O)C3)cc2c1. The van der Waals surface area contributed by atoms with Crippen molar-refractivity contribution in [1.29, 1.82) is 0 Å². The van der Waals surface area contributed by atoms with E-state index in [9.17, 15) is 9.59 Å². The first kappa shape index (κ1) is 19.4. The fourth-order valence-electron chi connectivity index (χ4n) is 4.33. The monoisotopic (exact) mass is 393 g/mol. The van der Waals surface area contributed by atoms with Crippen molar-refractivity contribution >= 4 is 16.8 Å². The molecule has 3 aromatic rings. The summed E-state index contributed by atoms with van der Waals surface area (Å²) >= 11 is 0. The second kappa shape index (κ2) is 7.83. The number of likely N-dealkylation sites (tertiary alicyclic amines) is 1. The first-order valence-corrected chi connectivity index (χ1v) is 10.1. The standard InChI is InChI=1S/C22H27N5O2/c1-14-10-15(2)19-17(11-14)12-18(22(29)25-19)21-24-5-7-27(21)9-8-26-6-3-4-16(13-26)20(23)28/h5,7,10-12,16H,3-4,6,8-9,13H2,1-2H3,(H2,23,28)(H,25,29). The van der Waals surface area contributed by atoms with Crippen molar-refractivity contribution in [3.63, 3.8) is 0 Å². The van der Waals surface area contributed by atoms with E-state index in [2.05, 4.69) is 33.9 Å². The van der Waals surface area contributed by atoms with Gasteiger partial charge < -0.3 is 20.2 Å². The van der Waals surface area contributed by atoms with Crippen LogP contribution in [0.2, 0.25) is 0 Å². The first-order valence-electron chi connectivity index (χ1n) is 10.1. The number of primary amides is 1. The second-order valence-corrected chi connectivity index (χ2v) is 8.04. The quantitative estimate of drug-likeness (QED) is 0.694. The van der Waals surface area contributed by atoms with E-state index in [1.165, 1.54) is 0 Å². The Morgan fingerprint density at radius 2 is 2.10 bits per heavy atom. The van der Waals surface area contributed by atoms with Crippen LogP contribution in [0.25, 0.3) is 22.3 Å². The zero-order chi connectivity index (χ0) is 20.5. The van der Waals surface area contributed by atoms with E-state index in [0.29, 0.717) is 24.5 Å². The van der Waals surface area contributed by atoms with Crippen LogP contribution in [0.3, 0.4) is 0 Å². The molecule has 1 saturated heterocycles.